The fraction of sp³-hybridized carbons (Fsp3) is 0.400. The van der Waals surface area contributed by atoms with Crippen LogP contribution >= 0.6 is 0 Å². The first-order chi connectivity index (χ1) is 12.2. The van der Waals surface area contributed by atoms with Gasteiger partial charge < -0.3 is 14.5 Å². The molecule has 6 heteroatoms. The van der Waals surface area contributed by atoms with E-state index in [1.165, 1.54) is 4.90 Å². The molecule has 138 valence electrons. The fourth-order valence-electron chi connectivity index (χ4n) is 3.32. The number of hydrogen-bond donors (Lipinski definition) is 1. The Morgan fingerprint density at radius 1 is 1.23 bits per heavy atom. The van der Waals surface area contributed by atoms with E-state index in [1.807, 2.05) is 45.0 Å². The van der Waals surface area contributed by atoms with Gasteiger partial charge in [-0.2, -0.15) is 0 Å². The number of para-hydroxylation sites is 1. The summed E-state index contributed by atoms with van der Waals surface area (Å²) in [5, 5.41) is 2.82. The lowest BCUT2D eigenvalue weighted by Crippen LogP contribution is -2.41. The molecule has 0 saturated carbocycles. The summed E-state index contributed by atoms with van der Waals surface area (Å²) in [5.41, 5.74) is 0.337. The van der Waals surface area contributed by atoms with Crippen molar-refractivity contribution in [2.24, 2.45) is 0 Å². The average molecular weight is 356 g/mol. The van der Waals surface area contributed by atoms with Crippen molar-refractivity contribution < 1.29 is 18.7 Å². The number of urea groups is 1. The Morgan fingerprint density at radius 3 is 2.54 bits per heavy atom. The van der Waals surface area contributed by atoms with Gasteiger partial charge in [0.1, 0.15) is 22.8 Å². The molecule has 1 N–H and O–H groups in total. The summed E-state index contributed by atoms with van der Waals surface area (Å²) in [6, 6.07) is 8.82. The minimum Gasteiger partial charge on any atom is -0.491 e. The summed E-state index contributed by atoms with van der Waals surface area (Å²) in [6.45, 7) is 9.34. The first-order valence-electron chi connectivity index (χ1n) is 8.68. The largest absolute Gasteiger partial charge is 0.491 e. The minimum absolute atomic E-state index is 0.000997. The van der Waals surface area contributed by atoms with Crippen LogP contribution in [0, 0.1) is 13.8 Å². The van der Waals surface area contributed by atoms with Gasteiger partial charge in [-0.3, -0.25) is 9.69 Å². The third-order valence-electron chi connectivity index (χ3n) is 4.52. The van der Waals surface area contributed by atoms with Crippen LogP contribution < -0.4 is 10.1 Å². The van der Waals surface area contributed by atoms with Gasteiger partial charge in [-0.25, -0.2) is 4.79 Å². The molecule has 1 saturated heterocycles. The maximum atomic E-state index is 13.1. The molecule has 1 aromatic carbocycles. The third-order valence-corrected chi connectivity index (χ3v) is 4.52. The molecule has 3 rings (SSSR count). The van der Waals surface area contributed by atoms with Crippen molar-refractivity contribution in [2.45, 2.75) is 52.8 Å². The third kappa shape index (κ3) is 3.07. The summed E-state index contributed by atoms with van der Waals surface area (Å²) in [4.78, 5) is 26.9. The number of benzene rings is 1. The first-order valence-corrected chi connectivity index (χ1v) is 8.68. The van der Waals surface area contributed by atoms with Gasteiger partial charge in [0.2, 0.25) is 0 Å². The van der Waals surface area contributed by atoms with E-state index in [1.54, 1.807) is 19.9 Å². The number of imide groups is 1. The molecule has 1 atom stereocenters. The van der Waals surface area contributed by atoms with Crippen molar-refractivity contribution in [3.63, 3.8) is 0 Å². The van der Waals surface area contributed by atoms with Crippen LogP contribution in [0.3, 0.4) is 0 Å². The molecule has 3 amide bonds. The molecule has 0 spiro atoms. The summed E-state index contributed by atoms with van der Waals surface area (Å²) < 4.78 is 11.4. The van der Waals surface area contributed by atoms with Crippen molar-refractivity contribution in [1.82, 2.24) is 10.2 Å². The number of aryl methyl sites for hydroxylation is 2. The van der Waals surface area contributed by atoms with Crippen LogP contribution in [-0.2, 0) is 16.9 Å². The summed E-state index contributed by atoms with van der Waals surface area (Å²) in [7, 11) is 0. The highest BCUT2D eigenvalue weighted by Gasteiger charge is 2.50. The molecule has 1 aromatic heterocycles. The average Bonchev–Trinajstić information content (AvgIpc) is 3.01. The van der Waals surface area contributed by atoms with Gasteiger partial charge in [-0.15, -0.1) is 0 Å². The van der Waals surface area contributed by atoms with E-state index in [0.29, 0.717) is 22.8 Å². The van der Waals surface area contributed by atoms with Crippen molar-refractivity contribution >= 4 is 11.9 Å². The Morgan fingerprint density at radius 2 is 1.92 bits per heavy atom. The second-order valence-corrected chi connectivity index (χ2v) is 7.05. The molecule has 1 aliphatic heterocycles. The normalized spacial score (nSPS) is 20.0. The van der Waals surface area contributed by atoms with Crippen molar-refractivity contribution in [2.75, 3.05) is 0 Å². The molecular weight excluding hydrogens is 332 g/mol. The quantitative estimate of drug-likeness (QED) is 0.830. The highest BCUT2D eigenvalue weighted by atomic mass is 16.5. The smallest absolute Gasteiger partial charge is 0.325 e. The van der Waals surface area contributed by atoms with Gasteiger partial charge in [-0.1, -0.05) is 18.2 Å². The van der Waals surface area contributed by atoms with Crippen LogP contribution in [0.1, 0.15) is 43.4 Å². The molecule has 0 radical (unpaired) electrons. The number of ether oxygens (including phenoxy) is 1. The number of hydrogen-bond acceptors (Lipinski definition) is 4. The van der Waals surface area contributed by atoms with Crippen molar-refractivity contribution in [1.29, 1.82) is 0 Å². The minimum atomic E-state index is -1.13. The van der Waals surface area contributed by atoms with Crippen LogP contribution in [0.5, 0.6) is 5.75 Å². The Labute approximate surface area is 153 Å². The van der Waals surface area contributed by atoms with E-state index < -0.39 is 11.6 Å². The lowest BCUT2D eigenvalue weighted by Gasteiger charge is -2.22. The maximum absolute atomic E-state index is 13.1. The summed E-state index contributed by atoms with van der Waals surface area (Å²) in [5.74, 6) is 1.71. The number of carbonyl (C=O) groups is 2. The lowest BCUT2D eigenvalue weighted by atomic mass is 9.92. The zero-order chi connectivity index (χ0) is 19.1. The Kier molecular flexibility index (Phi) is 4.52. The topological polar surface area (TPSA) is 71.8 Å². The molecule has 1 aliphatic rings. The zero-order valence-corrected chi connectivity index (χ0v) is 15.8. The van der Waals surface area contributed by atoms with Gasteiger partial charge in [0.05, 0.1) is 12.6 Å². The molecule has 0 aliphatic carbocycles. The Hall–Kier alpha value is -2.76. The highest BCUT2D eigenvalue weighted by Crippen LogP contribution is 2.34. The van der Waals surface area contributed by atoms with E-state index in [0.717, 1.165) is 5.56 Å². The van der Waals surface area contributed by atoms with Crippen LogP contribution in [0.25, 0.3) is 0 Å². The SMILES string of the molecule is Cc1cc(C2(C)NC(=O)N(Cc3ccccc3OC(C)C)C2=O)c(C)o1. The second kappa shape index (κ2) is 6.52. The van der Waals surface area contributed by atoms with Crippen LogP contribution in [-0.4, -0.2) is 22.9 Å². The van der Waals surface area contributed by atoms with Crippen LogP contribution in [0.2, 0.25) is 0 Å². The standard InChI is InChI=1S/C20H24N2O4/c1-12(2)25-17-9-7-6-8-15(17)11-22-18(23)20(5,21-19(22)24)16-10-13(3)26-14(16)4/h6-10,12H,11H2,1-5H3,(H,21,24). The fourth-order valence-corrected chi connectivity index (χ4v) is 3.32. The Balaban J connectivity index is 1.90. The number of rotatable bonds is 5. The second-order valence-electron chi connectivity index (χ2n) is 7.05. The van der Waals surface area contributed by atoms with E-state index in [2.05, 4.69) is 5.32 Å². The molecule has 2 aromatic rings. The molecule has 2 heterocycles. The number of amides is 3. The molecule has 26 heavy (non-hydrogen) atoms. The predicted octanol–water partition coefficient (Wildman–Crippen LogP) is 3.65. The molecule has 0 bridgehead atoms. The zero-order valence-electron chi connectivity index (χ0n) is 15.8. The lowest BCUT2D eigenvalue weighted by molar-refractivity contribution is -0.131. The van der Waals surface area contributed by atoms with Gasteiger partial charge in [-0.05, 0) is 46.8 Å². The van der Waals surface area contributed by atoms with E-state index in [-0.39, 0.29) is 18.6 Å². The first kappa shape index (κ1) is 18.0. The molecule has 6 nitrogen and oxygen atoms in total. The molecule has 1 fully saturated rings. The van der Waals surface area contributed by atoms with Gasteiger partial charge in [0.25, 0.3) is 5.91 Å². The van der Waals surface area contributed by atoms with Crippen molar-refractivity contribution in [3.05, 3.63) is 53.0 Å². The maximum Gasteiger partial charge on any atom is 0.325 e. The van der Waals surface area contributed by atoms with Gasteiger partial charge in [0.15, 0.2) is 0 Å². The monoisotopic (exact) mass is 356 g/mol. The highest BCUT2D eigenvalue weighted by molar-refractivity contribution is 6.07. The van der Waals surface area contributed by atoms with E-state index in [4.69, 9.17) is 9.15 Å². The number of carbonyl (C=O) groups excluding carboxylic acids is 2. The van der Waals surface area contributed by atoms with Crippen LogP contribution in [0.15, 0.2) is 34.7 Å². The Bertz CT molecular complexity index is 855. The van der Waals surface area contributed by atoms with Gasteiger partial charge >= 0.3 is 6.03 Å². The van der Waals surface area contributed by atoms with Crippen LogP contribution in [0.4, 0.5) is 4.79 Å². The van der Waals surface area contributed by atoms with Gasteiger partial charge in [0, 0.05) is 11.1 Å². The van der Waals surface area contributed by atoms with E-state index in [9.17, 15) is 9.59 Å². The van der Waals surface area contributed by atoms with Crippen molar-refractivity contribution in [3.8, 4) is 5.75 Å². The van der Waals surface area contributed by atoms with E-state index >= 15 is 0 Å². The summed E-state index contributed by atoms with van der Waals surface area (Å²) >= 11 is 0. The predicted molar refractivity (Wildman–Crippen MR) is 96.8 cm³/mol. The molecule has 1 unspecified atom stereocenters. The number of nitrogens with one attached hydrogen (secondary N) is 1. The number of nitrogens with zero attached hydrogens (tertiary/aromatic N) is 1. The molecular formula is C20H24N2O4. The number of furan rings is 1. The summed E-state index contributed by atoms with van der Waals surface area (Å²) in [6.07, 6.45) is 0.000997.